The Hall–Kier alpha value is -1.23. The SMILES string of the molecule is CCCNC(=O)C(Cl)c1ccc(C(F)(F)F)cc1. The predicted octanol–water partition coefficient (Wildman–Crippen LogP) is 3.51. The number of hydrogen-bond acceptors (Lipinski definition) is 1. The van der Waals surface area contributed by atoms with E-state index in [-0.39, 0.29) is 0 Å². The molecule has 1 N–H and O–H groups in total. The number of carbonyl (C=O) groups is 1. The molecule has 1 atom stereocenters. The number of rotatable bonds is 4. The van der Waals surface area contributed by atoms with Crippen LogP contribution in [0.2, 0.25) is 0 Å². The second-order valence-electron chi connectivity index (χ2n) is 3.77. The Balaban J connectivity index is 2.76. The van der Waals surface area contributed by atoms with Crippen molar-refractivity contribution < 1.29 is 18.0 Å². The van der Waals surface area contributed by atoms with Crippen molar-refractivity contribution in [2.45, 2.75) is 24.9 Å². The van der Waals surface area contributed by atoms with Crippen LogP contribution in [0.25, 0.3) is 0 Å². The van der Waals surface area contributed by atoms with Crippen LogP contribution in [0, 0.1) is 0 Å². The fraction of sp³-hybridized carbons (Fsp3) is 0.417. The molecule has 100 valence electrons. The number of nitrogens with one attached hydrogen (secondary N) is 1. The van der Waals surface area contributed by atoms with E-state index in [1.807, 2.05) is 6.92 Å². The van der Waals surface area contributed by atoms with Gasteiger partial charge in [0.2, 0.25) is 5.91 Å². The molecule has 18 heavy (non-hydrogen) atoms. The van der Waals surface area contributed by atoms with E-state index in [0.717, 1.165) is 18.6 Å². The average Bonchev–Trinajstić information content (AvgIpc) is 2.34. The Morgan fingerprint density at radius 1 is 1.33 bits per heavy atom. The van der Waals surface area contributed by atoms with E-state index in [4.69, 9.17) is 11.6 Å². The number of halogens is 4. The Labute approximate surface area is 108 Å². The van der Waals surface area contributed by atoms with E-state index in [2.05, 4.69) is 5.32 Å². The Morgan fingerprint density at radius 2 is 1.89 bits per heavy atom. The van der Waals surface area contributed by atoms with Gasteiger partial charge in [-0.15, -0.1) is 11.6 Å². The third-order valence-electron chi connectivity index (χ3n) is 2.31. The van der Waals surface area contributed by atoms with Gasteiger partial charge in [0.15, 0.2) is 0 Å². The maximum absolute atomic E-state index is 12.3. The highest BCUT2D eigenvalue weighted by atomic mass is 35.5. The summed E-state index contributed by atoms with van der Waals surface area (Å²) in [5.74, 6) is -0.404. The van der Waals surface area contributed by atoms with Gasteiger partial charge in [0.1, 0.15) is 5.38 Å². The van der Waals surface area contributed by atoms with E-state index in [9.17, 15) is 18.0 Å². The van der Waals surface area contributed by atoms with Gasteiger partial charge in [-0.2, -0.15) is 13.2 Å². The summed E-state index contributed by atoms with van der Waals surface area (Å²) in [6.07, 6.45) is -3.62. The highest BCUT2D eigenvalue weighted by Gasteiger charge is 2.30. The first-order valence-corrected chi connectivity index (χ1v) is 5.89. The van der Waals surface area contributed by atoms with Crippen LogP contribution in [0.15, 0.2) is 24.3 Å². The summed E-state index contributed by atoms with van der Waals surface area (Å²) in [6.45, 7) is 2.38. The lowest BCUT2D eigenvalue weighted by Crippen LogP contribution is -2.27. The third kappa shape index (κ3) is 3.91. The molecule has 1 aromatic carbocycles. The summed E-state index contributed by atoms with van der Waals surface area (Å²) >= 11 is 5.87. The van der Waals surface area contributed by atoms with Crippen LogP contribution in [0.3, 0.4) is 0 Å². The van der Waals surface area contributed by atoms with E-state index in [1.54, 1.807) is 0 Å². The third-order valence-corrected chi connectivity index (χ3v) is 2.76. The van der Waals surface area contributed by atoms with Crippen LogP contribution in [-0.4, -0.2) is 12.5 Å². The molecule has 1 rings (SSSR count). The Bertz CT molecular complexity index is 403. The first-order chi connectivity index (χ1) is 8.36. The van der Waals surface area contributed by atoms with Gasteiger partial charge in [0.05, 0.1) is 5.56 Å². The lowest BCUT2D eigenvalue weighted by Gasteiger charge is -2.12. The molecule has 0 heterocycles. The fourth-order valence-corrected chi connectivity index (χ4v) is 1.55. The van der Waals surface area contributed by atoms with Crippen molar-refractivity contribution in [1.29, 1.82) is 0 Å². The molecule has 2 nitrogen and oxygen atoms in total. The first-order valence-electron chi connectivity index (χ1n) is 5.45. The molecule has 1 unspecified atom stereocenters. The Morgan fingerprint density at radius 3 is 2.33 bits per heavy atom. The van der Waals surface area contributed by atoms with Crippen LogP contribution in [0.5, 0.6) is 0 Å². The zero-order valence-corrected chi connectivity index (χ0v) is 10.5. The normalized spacial score (nSPS) is 13.2. The smallest absolute Gasteiger partial charge is 0.355 e. The van der Waals surface area contributed by atoms with Gasteiger partial charge in [0, 0.05) is 6.54 Å². The molecule has 6 heteroatoms. The summed E-state index contributed by atoms with van der Waals surface area (Å²) in [7, 11) is 0. The van der Waals surface area contributed by atoms with Crippen LogP contribution in [0.1, 0.15) is 29.8 Å². The van der Waals surface area contributed by atoms with E-state index < -0.39 is 23.0 Å². The van der Waals surface area contributed by atoms with Crippen molar-refractivity contribution in [3.63, 3.8) is 0 Å². The zero-order valence-electron chi connectivity index (χ0n) is 9.72. The first kappa shape index (κ1) is 14.8. The molecule has 1 amide bonds. The van der Waals surface area contributed by atoms with E-state index >= 15 is 0 Å². The molecule has 1 aromatic rings. The topological polar surface area (TPSA) is 29.1 Å². The minimum Gasteiger partial charge on any atom is -0.355 e. The van der Waals surface area contributed by atoms with Crippen molar-refractivity contribution in [3.05, 3.63) is 35.4 Å². The van der Waals surface area contributed by atoms with E-state index in [1.165, 1.54) is 12.1 Å². The molecule has 0 saturated heterocycles. The lowest BCUT2D eigenvalue weighted by atomic mass is 10.1. The summed E-state index contributed by atoms with van der Waals surface area (Å²) in [5, 5.41) is 1.61. The average molecular weight is 280 g/mol. The molecule has 0 aromatic heterocycles. The molecule has 0 aliphatic rings. The zero-order chi connectivity index (χ0) is 13.8. The maximum atomic E-state index is 12.3. The van der Waals surface area contributed by atoms with Gasteiger partial charge in [-0.1, -0.05) is 19.1 Å². The number of amides is 1. The van der Waals surface area contributed by atoms with Gasteiger partial charge in [-0.25, -0.2) is 0 Å². The highest BCUT2D eigenvalue weighted by molar-refractivity contribution is 6.30. The second kappa shape index (κ2) is 6.09. The molecule has 0 aliphatic heterocycles. The summed E-state index contributed by atoms with van der Waals surface area (Å²) in [6, 6.07) is 4.26. The van der Waals surface area contributed by atoms with Gasteiger partial charge in [0.25, 0.3) is 0 Å². The predicted molar refractivity (Wildman–Crippen MR) is 63.3 cm³/mol. The van der Waals surface area contributed by atoms with Crippen molar-refractivity contribution in [2.24, 2.45) is 0 Å². The van der Waals surface area contributed by atoms with Crippen molar-refractivity contribution >= 4 is 17.5 Å². The summed E-state index contributed by atoms with van der Waals surface area (Å²) in [5.41, 5.74) is -0.414. The molecule has 0 radical (unpaired) electrons. The summed E-state index contributed by atoms with van der Waals surface area (Å²) < 4.78 is 37.0. The largest absolute Gasteiger partial charge is 0.416 e. The van der Waals surface area contributed by atoms with Gasteiger partial charge >= 0.3 is 6.18 Å². The van der Waals surface area contributed by atoms with Crippen LogP contribution in [-0.2, 0) is 11.0 Å². The fourth-order valence-electron chi connectivity index (χ4n) is 1.33. The van der Waals surface area contributed by atoms with Gasteiger partial charge in [-0.3, -0.25) is 4.79 Å². The molecule has 0 bridgehead atoms. The number of hydrogen-bond donors (Lipinski definition) is 1. The van der Waals surface area contributed by atoms with Crippen LogP contribution >= 0.6 is 11.6 Å². The number of carbonyl (C=O) groups excluding carboxylic acids is 1. The maximum Gasteiger partial charge on any atom is 0.416 e. The van der Waals surface area contributed by atoms with Gasteiger partial charge < -0.3 is 5.32 Å². The van der Waals surface area contributed by atoms with E-state index in [0.29, 0.717) is 12.1 Å². The number of benzene rings is 1. The molecule has 0 saturated carbocycles. The lowest BCUT2D eigenvalue weighted by molar-refractivity contribution is -0.137. The molecular weight excluding hydrogens is 267 g/mol. The highest BCUT2D eigenvalue weighted by Crippen LogP contribution is 2.30. The molecule has 0 spiro atoms. The summed E-state index contributed by atoms with van der Waals surface area (Å²) in [4.78, 5) is 11.5. The minimum atomic E-state index is -4.38. The van der Waals surface area contributed by atoms with Crippen LogP contribution in [0.4, 0.5) is 13.2 Å². The van der Waals surface area contributed by atoms with Gasteiger partial charge in [-0.05, 0) is 24.1 Å². The van der Waals surface area contributed by atoms with Crippen molar-refractivity contribution in [3.8, 4) is 0 Å². The van der Waals surface area contributed by atoms with Crippen molar-refractivity contribution in [2.75, 3.05) is 6.54 Å². The molecule has 0 fully saturated rings. The quantitative estimate of drug-likeness (QED) is 0.840. The minimum absolute atomic E-state index is 0.346. The number of alkyl halides is 4. The monoisotopic (exact) mass is 279 g/mol. The second-order valence-corrected chi connectivity index (χ2v) is 4.21. The Kier molecular flexibility index (Phi) is 5.02. The molecule has 0 aliphatic carbocycles. The van der Waals surface area contributed by atoms with Crippen molar-refractivity contribution in [1.82, 2.24) is 5.32 Å². The van der Waals surface area contributed by atoms with Crippen LogP contribution < -0.4 is 5.32 Å². The molecular formula is C12H13ClF3NO. The standard InChI is InChI=1S/C12H13ClF3NO/c1-2-7-17-11(18)10(13)8-3-5-9(6-4-8)12(14,15)16/h3-6,10H,2,7H2,1H3,(H,17,18).